The molecule has 2 N–H and O–H groups in total. The van der Waals surface area contributed by atoms with Crippen LogP contribution in [0.1, 0.15) is 48.7 Å². The average molecular weight is 1040 g/mol. The molecule has 9 nitrogen and oxygen atoms in total. The molecule has 77 heavy (non-hydrogen) atoms. The molecule has 9 aromatic rings. The molecule has 0 aliphatic heterocycles. The van der Waals surface area contributed by atoms with Crippen molar-refractivity contribution < 1.29 is 29.2 Å². The summed E-state index contributed by atoms with van der Waals surface area (Å²) >= 11 is 2.97. The van der Waals surface area contributed by atoms with E-state index in [0.717, 1.165) is 98.8 Å². The summed E-state index contributed by atoms with van der Waals surface area (Å²) in [5.41, 5.74) is 13.1. The van der Waals surface area contributed by atoms with Crippen LogP contribution in [0.3, 0.4) is 0 Å². The van der Waals surface area contributed by atoms with Crippen LogP contribution in [0.5, 0.6) is 11.5 Å². The predicted octanol–water partition coefficient (Wildman–Crippen LogP) is 16.4. The van der Waals surface area contributed by atoms with Crippen molar-refractivity contribution in [1.29, 1.82) is 10.5 Å². The lowest BCUT2D eigenvalue weighted by atomic mass is 9.95. The molecule has 0 fully saturated rings. The number of aliphatic hydroxyl groups is 1. The maximum Gasteiger partial charge on any atom is 0.346 e. The molecule has 2 aromatic heterocycles. The molecule has 0 amide bonds. The van der Waals surface area contributed by atoms with Crippen molar-refractivity contribution in [3.8, 4) is 44.5 Å². The number of thiophene rings is 2. The van der Waals surface area contributed by atoms with Gasteiger partial charge in [0.1, 0.15) is 29.2 Å². The van der Waals surface area contributed by atoms with Crippen LogP contribution in [0.25, 0.3) is 69.0 Å². The first kappa shape index (κ1) is 52.1. The van der Waals surface area contributed by atoms with Crippen LogP contribution in [0, 0.1) is 22.7 Å². The van der Waals surface area contributed by atoms with Gasteiger partial charge in [0.25, 0.3) is 0 Å². The molecule has 11 heteroatoms. The SMILES string of the molecule is COc1ccc(C(=Cc2ccc(N(c3ccc(/C=C/c4ccc(-c5ccc(/C=C(/C#N)OCO)s5)cc4)cc3)c3ccc(/C=C/c4ccc(-c5ccc(/C=C(/C#N)C(=O)O)s5)cc4)cc3)cc2)c2ccc(OC)cc2)cc1. The summed E-state index contributed by atoms with van der Waals surface area (Å²) in [6, 6.07) is 69.7. The van der Waals surface area contributed by atoms with E-state index >= 15 is 0 Å². The van der Waals surface area contributed by atoms with E-state index in [4.69, 9.17) is 24.6 Å². The lowest BCUT2D eigenvalue weighted by Gasteiger charge is -2.26. The Labute approximate surface area is 455 Å². The van der Waals surface area contributed by atoms with Crippen LogP contribution in [0.15, 0.2) is 205 Å². The molecular formula is C66H49N3O6S2. The molecule has 2 heterocycles. The van der Waals surface area contributed by atoms with Crippen molar-refractivity contribution in [3.63, 3.8) is 0 Å². The van der Waals surface area contributed by atoms with Crippen molar-refractivity contribution in [1.82, 2.24) is 0 Å². The monoisotopic (exact) mass is 1040 g/mol. The number of anilines is 3. The maximum absolute atomic E-state index is 11.3. The van der Waals surface area contributed by atoms with Gasteiger partial charge in [0.15, 0.2) is 6.79 Å². The zero-order chi connectivity index (χ0) is 53.5. The van der Waals surface area contributed by atoms with E-state index in [9.17, 15) is 15.2 Å². The number of ether oxygens (including phenoxy) is 3. The Bertz CT molecular complexity index is 3670. The Morgan fingerprint density at radius 2 is 0.883 bits per heavy atom. The van der Waals surface area contributed by atoms with Crippen LogP contribution in [-0.2, 0) is 9.53 Å². The molecule has 0 bridgehead atoms. The second-order valence-electron chi connectivity index (χ2n) is 17.3. The Kier molecular flexibility index (Phi) is 16.9. The van der Waals surface area contributed by atoms with Crippen LogP contribution in [-0.4, -0.2) is 37.2 Å². The number of aliphatic carboxylic acids is 1. The number of carboxylic acids is 1. The van der Waals surface area contributed by atoms with Crippen LogP contribution >= 0.6 is 22.7 Å². The highest BCUT2D eigenvalue weighted by molar-refractivity contribution is 7.16. The van der Waals surface area contributed by atoms with Crippen molar-refractivity contribution in [2.24, 2.45) is 0 Å². The van der Waals surface area contributed by atoms with Crippen molar-refractivity contribution in [2.75, 3.05) is 25.9 Å². The number of methoxy groups -OCH3 is 2. The first-order valence-corrected chi connectivity index (χ1v) is 25.9. The van der Waals surface area contributed by atoms with Gasteiger partial charge in [-0.25, -0.2) is 4.79 Å². The van der Waals surface area contributed by atoms with Gasteiger partial charge in [0, 0.05) is 42.6 Å². The second kappa shape index (κ2) is 25.0. The number of carboxylic acid groups (broad SMARTS) is 1. The van der Waals surface area contributed by atoms with Gasteiger partial charge in [-0.1, -0.05) is 133 Å². The summed E-state index contributed by atoms with van der Waals surface area (Å²) in [6.07, 6.45) is 13.6. The molecule has 0 aliphatic carbocycles. The molecule has 0 atom stereocenters. The molecule has 0 aliphatic rings. The third kappa shape index (κ3) is 13.3. The van der Waals surface area contributed by atoms with E-state index in [1.165, 1.54) is 28.7 Å². The fraction of sp³-hybridized carbons (Fsp3) is 0.0455. The highest BCUT2D eigenvalue weighted by atomic mass is 32.1. The van der Waals surface area contributed by atoms with Gasteiger partial charge in [-0.05, 0) is 153 Å². The van der Waals surface area contributed by atoms with Gasteiger partial charge in [0.05, 0.1) is 14.2 Å². The Hall–Kier alpha value is -9.75. The normalized spacial score (nSPS) is 11.5. The first-order valence-electron chi connectivity index (χ1n) is 24.3. The fourth-order valence-electron chi connectivity index (χ4n) is 8.34. The van der Waals surface area contributed by atoms with Gasteiger partial charge in [0.2, 0.25) is 5.76 Å². The summed E-state index contributed by atoms with van der Waals surface area (Å²) in [5.74, 6) is 0.401. The van der Waals surface area contributed by atoms with Gasteiger partial charge in [-0.3, -0.25) is 0 Å². The maximum atomic E-state index is 11.3. The molecular weight excluding hydrogens is 995 g/mol. The van der Waals surface area contributed by atoms with Crippen LogP contribution in [0.4, 0.5) is 17.1 Å². The zero-order valence-corrected chi connectivity index (χ0v) is 43.5. The molecule has 0 saturated carbocycles. The minimum absolute atomic E-state index is 0.0619. The molecule has 0 spiro atoms. The molecule has 7 aromatic carbocycles. The summed E-state index contributed by atoms with van der Waals surface area (Å²) in [4.78, 5) is 17.2. The first-order chi connectivity index (χ1) is 37.7. The van der Waals surface area contributed by atoms with Crippen molar-refractivity contribution in [2.45, 2.75) is 0 Å². The topological polar surface area (TPSA) is 136 Å². The van der Waals surface area contributed by atoms with Gasteiger partial charge >= 0.3 is 5.97 Å². The number of nitriles is 2. The third-order valence-corrected chi connectivity index (χ3v) is 14.6. The highest BCUT2D eigenvalue weighted by Crippen LogP contribution is 2.37. The van der Waals surface area contributed by atoms with Crippen molar-refractivity contribution in [3.05, 3.63) is 254 Å². The zero-order valence-electron chi connectivity index (χ0n) is 41.9. The number of carbonyl (C=O) groups is 1. The smallest absolute Gasteiger partial charge is 0.346 e. The summed E-state index contributed by atoms with van der Waals surface area (Å²) in [6.45, 7) is -0.550. The number of hydrogen-bond acceptors (Lipinski definition) is 10. The average Bonchev–Trinajstić information content (AvgIpc) is 4.16. The van der Waals surface area contributed by atoms with E-state index in [1.807, 2.05) is 78.9 Å². The predicted molar refractivity (Wildman–Crippen MR) is 314 cm³/mol. The Morgan fingerprint density at radius 3 is 1.25 bits per heavy atom. The molecule has 9 rings (SSSR count). The standard InChI is InChI=1S/C66H49N3O6S2/c1-73-58-31-21-50(22-32-58)63(51-23-33-59(74-2)34-24-51)39-49-15-29-57(30-16-49)69(55-25-11-47(12-26-55)5-3-45-7-17-52(18-8-45)64-37-35-61(76-64)40-54(42-67)66(71)72)56-27-13-48(14-28-56)6-4-46-9-19-53(20-10-46)65-38-36-62(77-65)41-60(43-68)75-44-70/h3-41,70H,44H2,1-2H3,(H,71,72)/b5-3+,6-4+,54-40-,60-41-. The van der Waals surface area contributed by atoms with E-state index in [1.54, 1.807) is 26.4 Å². The number of hydrogen-bond donors (Lipinski definition) is 2. The van der Waals surface area contributed by atoms with Crippen molar-refractivity contribution >= 4 is 93.8 Å². The van der Waals surface area contributed by atoms with E-state index in [0.29, 0.717) is 4.88 Å². The van der Waals surface area contributed by atoms with Crippen LogP contribution in [0.2, 0.25) is 0 Å². The summed E-state index contributed by atoms with van der Waals surface area (Å²) < 4.78 is 15.9. The largest absolute Gasteiger partial charge is 0.497 e. The summed E-state index contributed by atoms with van der Waals surface area (Å²) in [5, 5.41) is 36.7. The van der Waals surface area contributed by atoms with Gasteiger partial charge in [-0.2, -0.15) is 10.5 Å². The minimum atomic E-state index is -1.24. The highest BCUT2D eigenvalue weighted by Gasteiger charge is 2.15. The second-order valence-corrected chi connectivity index (χ2v) is 19.5. The van der Waals surface area contributed by atoms with E-state index in [-0.39, 0.29) is 11.3 Å². The number of nitrogens with zero attached hydrogens (tertiary/aromatic N) is 3. The third-order valence-electron chi connectivity index (χ3n) is 12.4. The molecule has 0 unspecified atom stereocenters. The molecule has 376 valence electrons. The van der Waals surface area contributed by atoms with E-state index in [2.05, 4.69) is 157 Å². The number of rotatable bonds is 19. The molecule has 0 radical (unpaired) electrons. The Morgan fingerprint density at radius 1 is 0.494 bits per heavy atom. The Balaban J connectivity index is 0.966. The lowest BCUT2D eigenvalue weighted by Crippen LogP contribution is -2.09. The van der Waals surface area contributed by atoms with Gasteiger partial charge < -0.3 is 29.3 Å². The number of aliphatic hydroxyl groups excluding tert-OH is 1. The fourth-order valence-corrected chi connectivity index (χ4v) is 10.2. The number of allylic oxidation sites excluding steroid dienone is 1. The quantitative estimate of drug-likeness (QED) is 0.0267. The summed E-state index contributed by atoms with van der Waals surface area (Å²) in [7, 11) is 3.34. The lowest BCUT2D eigenvalue weighted by molar-refractivity contribution is -0.132. The minimum Gasteiger partial charge on any atom is -0.497 e. The number of benzene rings is 7. The molecule has 0 saturated heterocycles. The van der Waals surface area contributed by atoms with E-state index < -0.39 is 12.8 Å². The van der Waals surface area contributed by atoms with Crippen LogP contribution < -0.4 is 14.4 Å². The van der Waals surface area contributed by atoms with Gasteiger partial charge in [-0.15, -0.1) is 22.7 Å².